The number of carbonyl (C=O) groups excluding carboxylic acids is 1. The summed E-state index contributed by atoms with van der Waals surface area (Å²) in [5, 5.41) is 8.29. The summed E-state index contributed by atoms with van der Waals surface area (Å²) in [7, 11) is 0. The number of hydrogen-bond donors (Lipinski definition) is 2. The molecule has 0 saturated carbocycles. The first-order chi connectivity index (χ1) is 8.76. The molecule has 0 radical (unpaired) electrons. The van der Waals surface area contributed by atoms with Crippen LogP contribution in [0.3, 0.4) is 0 Å². The van der Waals surface area contributed by atoms with Gasteiger partial charge in [0.05, 0.1) is 13.0 Å². The largest absolute Gasteiger partial charge is 0.493 e. The van der Waals surface area contributed by atoms with E-state index in [4.69, 9.17) is 14.7 Å². The summed E-state index contributed by atoms with van der Waals surface area (Å²) >= 11 is 0. The number of amides is 1. The van der Waals surface area contributed by atoms with Crippen molar-refractivity contribution in [2.24, 2.45) is 0 Å². The van der Waals surface area contributed by atoms with E-state index in [0.717, 1.165) is 0 Å². The molecular weight excluding hydrogens is 234 g/mol. The normalized spacial score (nSPS) is 9.00. The van der Waals surface area contributed by atoms with Crippen molar-refractivity contribution in [3.8, 4) is 23.3 Å². The minimum atomic E-state index is -0.479. The highest BCUT2D eigenvalue weighted by atomic mass is 16.5. The summed E-state index contributed by atoms with van der Waals surface area (Å²) in [5.41, 5.74) is 1.54. The van der Waals surface area contributed by atoms with Crippen LogP contribution in [0.2, 0.25) is 0 Å². The predicted molar refractivity (Wildman–Crippen MR) is 65.4 cm³/mol. The van der Waals surface area contributed by atoms with Gasteiger partial charge in [-0.2, -0.15) is 0 Å². The summed E-state index contributed by atoms with van der Waals surface area (Å²) in [6.45, 7) is 2.31. The number of nitrogens with one attached hydrogen (secondary N) is 1. The highest BCUT2D eigenvalue weighted by Crippen LogP contribution is 2.17. The molecule has 2 N–H and O–H groups in total. The molecule has 1 aromatic rings. The molecule has 96 valence electrons. The number of benzene rings is 1. The fraction of sp³-hybridized carbons (Fsp3) is 0.308. The molecule has 1 rings (SSSR count). The summed E-state index contributed by atoms with van der Waals surface area (Å²) in [4.78, 5) is 10.7. The third kappa shape index (κ3) is 5.23. The Balaban J connectivity index is 2.35. The monoisotopic (exact) mass is 249 g/mol. The average molecular weight is 249 g/mol. The molecule has 18 heavy (non-hydrogen) atoms. The summed E-state index contributed by atoms with van der Waals surface area (Å²) in [5.74, 6) is 6.39. The molecule has 5 heteroatoms. The Kier molecular flexibility index (Phi) is 6.15. The van der Waals surface area contributed by atoms with Crippen LogP contribution in [0, 0.1) is 11.8 Å². The van der Waals surface area contributed by atoms with Crippen molar-refractivity contribution in [2.45, 2.75) is 13.3 Å². The van der Waals surface area contributed by atoms with Gasteiger partial charge in [0.25, 0.3) is 0 Å². The second kappa shape index (κ2) is 7.98. The molecule has 0 aliphatic rings. The first-order valence-corrected chi connectivity index (χ1v) is 5.44. The Morgan fingerprint density at radius 3 is 2.44 bits per heavy atom. The molecule has 1 aromatic carbocycles. The fourth-order valence-corrected chi connectivity index (χ4v) is 1.14. The maximum atomic E-state index is 10.7. The summed E-state index contributed by atoms with van der Waals surface area (Å²) < 4.78 is 10.6. The topological polar surface area (TPSA) is 67.8 Å². The van der Waals surface area contributed by atoms with E-state index in [-0.39, 0.29) is 13.0 Å². The molecule has 1 amide bonds. The van der Waals surface area contributed by atoms with Crippen LogP contribution in [0.5, 0.6) is 11.5 Å². The first-order valence-electron chi connectivity index (χ1n) is 5.44. The van der Waals surface area contributed by atoms with Gasteiger partial charge in [-0.1, -0.05) is 5.92 Å². The third-order valence-electron chi connectivity index (χ3n) is 2.03. The zero-order valence-corrected chi connectivity index (χ0v) is 10.1. The second-order valence-corrected chi connectivity index (χ2v) is 3.32. The minimum Gasteiger partial charge on any atom is -0.493 e. The Morgan fingerprint density at radius 1 is 1.28 bits per heavy atom. The van der Waals surface area contributed by atoms with Gasteiger partial charge in [0.2, 0.25) is 5.91 Å². The summed E-state index contributed by atoms with van der Waals surface area (Å²) in [6.07, 6.45) is 0.0981. The number of ether oxygens (including phenoxy) is 2. The van der Waals surface area contributed by atoms with E-state index >= 15 is 0 Å². The molecule has 0 saturated heterocycles. The van der Waals surface area contributed by atoms with E-state index in [2.05, 4.69) is 11.8 Å². The Bertz CT molecular complexity index is 431. The molecule has 0 aromatic heterocycles. The van der Waals surface area contributed by atoms with Gasteiger partial charge in [-0.25, -0.2) is 5.48 Å². The molecule has 0 aliphatic carbocycles. The lowest BCUT2D eigenvalue weighted by molar-refractivity contribution is -0.129. The van der Waals surface area contributed by atoms with Crippen LogP contribution in [0.1, 0.15) is 13.3 Å². The highest BCUT2D eigenvalue weighted by molar-refractivity contribution is 5.74. The number of rotatable bonds is 6. The van der Waals surface area contributed by atoms with Gasteiger partial charge >= 0.3 is 0 Å². The van der Waals surface area contributed by atoms with Gasteiger partial charge < -0.3 is 9.47 Å². The predicted octanol–water partition coefficient (Wildman–Crippen LogP) is 1.36. The lowest BCUT2D eigenvalue weighted by Crippen LogP contribution is -2.20. The van der Waals surface area contributed by atoms with Gasteiger partial charge in [0, 0.05) is 0 Å². The van der Waals surface area contributed by atoms with Crippen LogP contribution in [-0.4, -0.2) is 24.3 Å². The maximum Gasteiger partial charge on any atom is 0.246 e. The lowest BCUT2D eigenvalue weighted by atomic mass is 10.3. The van der Waals surface area contributed by atoms with Crippen molar-refractivity contribution in [3.05, 3.63) is 24.3 Å². The van der Waals surface area contributed by atoms with E-state index in [1.54, 1.807) is 31.2 Å². The van der Waals surface area contributed by atoms with Crippen molar-refractivity contribution in [3.63, 3.8) is 0 Å². The van der Waals surface area contributed by atoms with E-state index < -0.39 is 5.91 Å². The van der Waals surface area contributed by atoms with Crippen molar-refractivity contribution >= 4 is 5.91 Å². The quantitative estimate of drug-likeness (QED) is 0.454. The van der Waals surface area contributed by atoms with E-state index in [1.807, 2.05) is 0 Å². The zero-order chi connectivity index (χ0) is 13.2. The van der Waals surface area contributed by atoms with Gasteiger partial charge in [-0.15, -0.1) is 5.92 Å². The maximum absolute atomic E-state index is 10.7. The van der Waals surface area contributed by atoms with Gasteiger partial charge in [0.1, 0.15) is 18.1 Å². The molecule has 0 unspecified atom stereocenters. The van der Waals surface area contributed by atoms with Crippen LogP contribution < -0.4 is 15.0 Å². The molecular formula is C13H15NO4. The van der Waals surface area contributed by atoms with Crippen LogP contribution in [0.4, 0.5) is 0 Å². The molecule has 0 heterocycles. The second-order valence-electron chi connectivity index (χ2n) is 3.32. The highest BCUT2D eigenvalue weighted by Gasteiger charge is 2.00. The number of carbonyl (C=O) groups is 1. The average Bonchev–Trinajstić information content (AvgIpc) is 2.40. The van der Waals surface area contributed by atoms with Crippen molar-refractivity contribution in [2.75, 3.05) is 13.2 Å². The smallest absolute Gasteiger partial charge is 0.246 e. The van der Waals surface area contributed by atoms with Crippen LogP contribution in [0.15, 0.2) is 24.3 Å². The van der Waals surface area contributed by atoms with Gasteiger partial charge in [0.15, 0.2) is 0 Å². The van der Waals surface area contributed by atoms with Gasteiger partial charge in [-0.05, 0) is 31.2 Å². The zero-order valence-electron chi connectivity index (χ0n) is 10.1. The molecule has 0 spiro atoms. The van der Waals surface area contributed by atoms with Crippen molar-refractivity contribution in [1.82, 2.24) is 5.48 Å². The first kappa shape index (κ1) is 13.9. The van der Waals surface area contributed by atoms with E-state index in [0.29, 0.717) is 18.1 Å². The van der Waals surface area contributed by atoms with E-state index in [9.17, 15) is 4.79 Å². The molecule has 0 fully saturated rings. The van der Waals surface area contributed by atoms with Crippen molar-refractivity contribution < 1.29 is 19.5 Å². The Morgan fingerprint density at radius 2 is 1.89 bits per heavy atom. The molecule has 0 bridgehead atoms. The van der Waals surface area contributed by atoms with Crippen molar-refractivity contribution in [1.29, 1.82) is 0 Å². The Hall–Kier alpha value is -2.19. The SMILES string of the molecule is CC#CCOc1ccc(OCCC(=O)NO)cc1. The minimum absolute atomic E-state index is 0.0981. The van der Waals surface area contributed by atoms with Crippen LogP contribution in [0.25, 0.3) is 0 Å². The van der Waals surface area contributed by atoms with Gasteiger partial charge in [-0.3, -0.25) is 10.0 Å². The fourth-order valence-electron chi connectivity index (χ4n) is 1.14. The van der Waals surface area contributed by atoms with Crippen LogP contribution in [-0.2, 0) is 4.79 Å². The number of hydroxylamine groups is 1. The van der Waals surface area contributed by atoms with Crippen LogP contribution >= 0.6 is 0 Å². The molecule has 5 nitrogen and oxygen atoms in total. The summed E-state index contributed by atoms with van der Waals surface area (Å²) in [6, 6.07) is 7.01. The molecule has 0 aliphatic heterocycles. The number of hydrogen-bond acceptors (Lipinski definition) is 4. The molecule has 0 atom stereocenters. The standard InChI is InChI=1S/C13H15NO4/c1-2-3-9-17-11-4-6-12(7-5-11)18-10-8-13(15)14-16/h4-7,16H,8-10H2,1H3,(H,14,15). The third-order valence-corrected chi connectivity index (χ3v) is 2.03. The lowest BCUT2D eigenvalue weighted by Gasteiger charge is -2.06. The Labute approximate surface area is 106 Å². The van der Waals surface area contributed by atoms with E-state index in [1.165, 1.54) is 5.48 Å².